The van der Waals surface area contributed by atoms with Crippen LogP contribution in [0, 0.1) is 11.3 Å². The van der Waals surface area contributed by atoms with Crippen LogP contribution in [0.3, 0.4) is 0 Å². The topological polar surface area (TPSA) is 12.0 Å². The Morgan fingerprint density at radius 3 is 2.64 bits per heavy atom. The molecule has 1 heteroatoms. The van der Waals surface area contributed by atoms with E-state index < -0.39 is 0 Å². The Labute approximate surface area is 70.6 Å². The summed E-state index contributed by atoms with van der Waals surface area (Å²) in [6.07, 6.45) is 4.27. The molecular formula is C10H21N. The molecule has 1 unspecified atom stereocenters. The zero-order chi connectivity index (χ0) is 8.32. The van der Waals surface area contributed by atoms with Gasteiger partial charge < -0.3 is 5.32 Å². The Bertz CT molecular complexity index is 118. The van der Waals surface area contributed by atoms with Crippen LogP contribution in [-0.4, -0.2) is 13.1 Å². The average Bonchev–Trinajstić information content (AvgIpc) is 2.26. The largest absolute Gasteiger partial charge is 0.317 e. The van der Waals surface area contributed by atoms with Gasteiger partial charge in [-0.05, 0) is 43.7 Å². The van der Waals surface area contributed by atoms with Gasteiger partial charge in [0.1, 0.15) is 0 Å². The SMILES string of the molecule is CCNCC1CCC(C)(C)C1. The van der Waals surface area contributed by atoms with Gasteiger partial charge in [0, 0.05) is 0 Å². The summed E-state index contributed by atoms with van der Waals surface area (Å²) in [7, 11) is 0. The predicted molar refractivity (Wildman–Crippen MR) is 49.7 cm³/mol. The predicted octanol–water partition coefficient (Wildman–Crippen LogP) is 2.42. The van der Waals surface area contributed by atoms with E-state index in [-0.39, 0.29) is 0 Å². The Kier molecular flexibility index (Phi) is 2.94. The molecule has 0 heterocycles. The summed E-state index contributed by atoms with van der Waals surface area (Å²) in [5.41, 5.74) is 0.625. The van der Waals surface area contributed by atoms with Gasteiger partial charge in [-0.25, -0.2) is 0 Å². The molecule has 0 aliphatic heterocycles. The van der Waals surface area contributed by atoms with E-state index in [1.807, 2.05) is 0 Å². The molecule has 0 saturated heterocycles. The van der Waals surface area contributed by atoms with Gasteiger partial charge in [-0.2, -0.15) is 0 Å². The van der Waals surface area contributed by atoms with Gasteiger partial charge >= 0.3 is 0 Å². The molecular weight excluding hydrogens is 134 g/mol. The van der Waals surface area contributed by atoms with Crippen LogP contribution in [0.4, 0.5) is 0 Å². The summed E-state index contributed by atoms with van der Waals surface area (Å²) < 4.78 is 0. The minimum Gasteiger partial charge on any atom is -0.317 e. The van der Waals surface area contributed by atoms with E-state index >= 15 is 0 Å². The molecule has 0 amide bonds. The van der Waals surface area contributed by atoms with Crippen LogP contribution < -0.4 is 5.32 Å². The van der Waals surface area contributed by atoms with E-state index in [9.17, 15) is 0 Å². The molecule has 0 aromatic heterocycles. The van der Waals surface area contributed by atoms with Crippen molar-refractivity contribution in [3.63, 3.8) is 0 Å². The van der Waals surface area contributed by atoms with E-state index in [0.29, 0.717) is 5.41 Å². The lowest BCUT2D eigenvalue weighted by atomic mass is 9.90. The van der Waals surface area contributed by atoms with Gasteiger partial charge in [0.15, 0.2) is 0 Å². The Morgan fingerprint density at radius 2 is 2.18 bits per heavy atom. The monoisotopic (exact) mass is 155 g/mol. The summed E-state index contributed by atoms with van der Waals surface area (Å²) >= 11 is 0. The molecule has 66 valence electrons. The molecule has 0 radical (unpaired) electrons. The van der Waals surface area contributed by atoms with Crippen molar-refractivity contribution in [2.24, 2.45) is 11.3 Å². The average molecular weight is 155 g/mol. The number of hydrogen-bond acceptors (Lipinski definition) is 1. The second-order valence-corrected chi connectivity index (χ2v) is 4.58. The maximum atomic E-state index is 3.43. The van der Waals surface area contributed by atoms with Crippen molar-refractivity contribution in [3.05, 3.63) is 0 Å². The van der Waals surface area contributed by atoms with Crippen molar-refractivity contribution in [1.82, 2.24) is 5.32 Å². The second kappa shape index (κ2) is 3.57. The molecule has 0 spiro atoms. The van der Waals surface area contributed by atoms with E-state index in [4.69, 9.17) is 0 Å². The molecule has 1 saturated carbocycles. The van der Waals surface area contributed by atoms with Gasteiger partial charge in [0.05, 0.1) is 0 Å². The molecule has 0 bridgehead atoms. The quantitative estimate of drug-likeness (QED) is 0.660. The first-order chi connectivity index (χ1) is 5.14. The molecule has 0 aromatic carbocycles. The third-order valence-electron chi connectivity index (χ3n) is 2.75. The summed E-state index contributed by atoms with van der Waals surface area (Å²) in [5, 5.41) is 3.43. The molecule has 11 heavy (non-hydrogen) atoms. The van der Waals surface area contributed by atoms with Crippen LogP contribution in [0.2, 0.25) is 0 Å². The highest BCUT2D eigenvalue weighted by atomic mass is 14.8. The zero-order valence-electron chi connectivity index (χ0n) is 8.11. The first-order valence-electron chi connectivity index (χ1n) is 4.85. The lowest BCUT2D eigenvalue weighted by Crippen LogP contribution is -2.21. The van der Waals surface area contributed by atoms with Crippen molar-refractivity contribution in [3.8, 4) is 0 Å². The van der Waals surface area contributed by atoms with Crippen LogP contribution in [-0.2, 0) is 0 Å². The number of hydrogen-bond donors (Lipinski definition) is 1. The van der Waals surface area contributed by atoms with Crippen molar-refractivity contribution in [2.45, 2.75) is 40.0 Å². The zero-order valence-corrected chi connectivity index (χ0v) is 8.11. The molecule has 1 atom stereocenters. The molecule has 1 nitrogen and oxygen atoms in total. The second-order valence-electron chi connectivity index (χ2n) is 4.58. The van der Waals surface area contributed by atoms with Crippen LogP contribution in [0.15, 0.2) is 0 Å². The summed E-state index contributed by atoms with van der Waals surface area (Å²) in [5.74, 6) is 0.949. The highest BCUT2D eigenvalue weighted by molar-refractivity contribution is 4.82. The van der Waals surface area contributed by atoms with Gasteiger partial charge in [0.25, 0.3) is 0 Å². The third-order valence-corrected chi connectivity index (χ3v) is 2.75. The maximum absolute atomic E-state index is 3.43. The number of nitrogens with one attached hydrogen (secondary N) is 1. The highest BCUT2D eigenvalue weighted by Gasteiger charge is 2.30. The summed E-state index contributed by atoms with van der Waals surface area (Å²) in [4.78, 5) is 0. The maximum Gasteiger partial charge on any atom is -0.00204 e. The van der Waals surface area contributed by atoms with Crippen molar-refractivity contribution < 1.29 is 0 Å². The fourth-order valence-corrected chi connectivity index (χ4v) is 2.10. The summed E-state index contributed by atoms with van der Waals surface area (Å²) in [6, 6.07) is 0. The molecule has 0 aromatic rings. The molecule has 1 rings (SSSR count). The van der Waals surface area contributed by atoms with Crippen LogP contribution in [0.5, 0.6) is 0 Å². The normalized spacial score (nSPS) is 29.2. The van der Waals surface area contributed by atoms with Crippen LogP contribution in [0.1, 0.15) is 40.0 Å². The number of rotatable bonds is 3. The smallest absolute Gasteiger partial charge is 0.00204 e. The van der Waals surface area contributed by atoms with Crippen LogP contribution >= 0.6 is 0 Å². The molecule has 1 fully saturated rings. The Balaban J connectivity index is 2.20. The van der Waals surface area contributed by atoms with Crippen LogP contribution in [0.25, 0.3) is 0 Å². The van der Waals surface area contributed by atoms with E-state index in [0.717, 1.165) is 12.5 Å². The minimum atomic E-state index is 0.625. The lowest BCUT2D eigenvalue weighted by molar-refractivity contribution is 0.356. The first-order valence-corrected chi connectivity index (χ1v) is 4.85. The Hall–Kier alpha value is -0.0400. The van der Waals surface area contributed by atoms with Crippen molar-refractivity contribution >= 4 is 0 Å². The van der Waals surface area contributed by atoms with E-state index in [1.165, 1.54) is 25.8 Å². The van der Waals surface area contributed by atoms with E-state index in [1.54, 1.807) is 0 Å². The Morgan fingerprint density at radius 1 is 1.45 bits per heavy atom. The highest BCUT2D eigenvalue weighted by Crippen LogP contribution is 2.40. The third kappa shape index (κ3) is 2.82. The molecule has 1 N–H and O–H groups in total. The van der Waals surface area contributed by atoms with E-state index in [2.05, 4.69) is 26.1 Å². The fraction of sp³-hybridized carbons (Fsp3) is 1.00. The molecule has 1 aliphatic carbocycles. The standard InChI is InChI=1S/C10H21N/c1-4-11-8-9-5-6-10(2,3)7-9/h9,11H,4-8H2,1-3H3. The van der Waals surface area contributed by atoms with Crippen molar-refractivity contribution in [2.75, 3.05) is 13.1 Å². The van der Waals surface area contributed by atoms with Gasteiger partial charge in [-0.3, -0.25) is 0 Å². The van der Waals surface area contributed by atoms with Gasteiger partial charge in [-0.1, -0.05) is 20.8 Å². The minimum absolute atomic E-state index is 0.625. The van der Waals surface area contributed by atoms with Gasteiger partial charge in [-0.15, -0.1) is 0 Å². The first kappa shape index (κ1) is 9.05. The van der Waals surface area contributed by atoms with Gasteiger partial charge in [0.2, 0.25) is 0 Å². The van der Waals surface area contributed by atoms with Crippen molar-refractivity contribution in [1.29, 1.82) is 0 Å². The lowest BCUT2D eigenvalue weighted by Gasteiger charge is -2.17. The summed E-state index contributed by atoms with van der Waals surface area (Å²) in [6.45, 7) is 9.31. The fourth-order valence-electron chi connectivity index (χ4n) is 2.10. The molecule has 1 aliphatic rings.